The fraction of sp³-hybridized carbons (Fsp3) is 0.273. The molecular weight excluding hydrogens is 222 g/mol. The van der Waals surface area contributed by atoms with E-state index in [1.807, 2.05) is 6.07 Å². The SMILES string of the molecule is COC(=O)c1cccc(C2C=NN(OC)N2)c1. The van der Waals surface area contributed by atoms with Crippen LogP contribution in [0.5, 0.6) is 0 Å². The second kappa shape index (κ2) is 4.94. The van der Waals surface area contributed by atoms with Gasteiger partial charge >= 0.3 is 5.97 Å². The molecule has 0 radical (unpaired) electrons. The van der Waals surface area contributed by atoms with E-state index in [-0.39, 0.29) is 12.0 Å². The predicted molar refractivity (Wildman–Crippen MR) is 61.0 cm³/mol. The van der Waals surface area contributed by atoms with E-state index in [9.17, 15) is 4.79 Å². The van der Waals surface area contributed by atoms with Crippen LogP contribution in [-0.2, 0) is 9.57 Å². The van der Waals surface area contributed by atoms with Gasteiger partial charge in [-0.1, -0.05) is 17.4 Å². The number of nitrogens with one attached hydrogen (secondary N) is 1. The second-order valence-electron chi connectivity index (χ2n) is 3.44. The zero-order valence-electron chi connectivity index (χ0n) is 9.58. The number of ether oxygens (including phenoxy) is 1. The maximum absolute atomic E-state index is 11.4. The van der Waals surface area contributed by atoms with Gasteiger partial charge in [0.2, 0.25) is 0 Å². The minimum Gasteiger partial charge on any atom is -0.465 e. The van der Waals surface area contributed by atoms with Crippen molar-refractivity contribution in [3.05, 3.63) is 35.4 Å². The summed E-state index contributed by atoms with van der Waals surface area (Å²) in [6.45, 7) is 0. The largest absolute Gasteiger partial charge is 0.465 e. The Hall–Kier alpha value is -1.92. The Morgan fingerprint density at radius 2 is 2.29 bits per heavy atom. The molecule has 1 aliphatic heterocycles. The molecule has 0 fully saturated rings. The Balaban J connectivity index is 2.17. The molecule has 0 saturated carbocycles. The lowest BCUT2D eigenvalue weighted by Gasteiger charge is -2.14. The number of hydrogen-bond acceptors (Lipinski definition) is 6. The fourth-order valence-electron chi connectivity index (χ4n) is 1.55. The first kappa shape index (κ1) is 11.6. The summed E-state index contributed by atoms with van der Waals surface area (Å²) in [7, 11) is 2.87. The molecule has 1 atom stereocenters. The number of hydrazone groups is 1. The summed E-state index contributed by atoms with van der Waals surface area (Å²) in [4.78, 5) is 16.3. The number of benzene rings is 1. The summed E-state index contributed by atoms with van der Waals surface area (Å²) in [6, 6.07) is 7.05. The molecule has 1 N–H and O–H groups in total. The molecule has 0 spiro atoms. The topological polar surface area (TPSA) is 63.2 Å². The van der Waals surface area contributed by atoms with E-state index in [0.717, 1.165) is 5.56 Å². The van der Waals surface area contributed by atoms with Crippen molar-refractivity contribution in [2.24, 2.45) is 5.10 Å². The Morgan fingerprint density at radius 1 is 1.47 bits per heavy atom. The van der Waals surface area contributed by atoms with Crippen molar-refractivity contribution < 1.29 is 14.4 Å². The van der Waals surface area contributed by atoms with Crippen LogP contribution in [0.15, 0.2) is 29.4 Å². The van der Waals surface area contributed by atoms with E-state index < -0.39 is 0 Å². The number of esters is 1. The quantitative estimate of drug-likeness (QED) is 0.788. The molecule has 1 aromatic carbocycles. The van der Waals surface area contributed by atoms with E-state index in [1.54, 1.807) is 24.4 Å². The van der Waals surface area contributed by atoms with Crippen LogP contribution in [0.1, 0.15) is 22.0 Å². The molecule has 0 aromatic heterocycles. The molecule has 0 saturated heterocycles. The third kappa shape index (κ3) is 2.43. The van der Waals surface area contributed by atoms with E-state index in [0.29, 0.717) is 5.56 Å². The average Bonchev–Trinajstić information content (AvgIpc) is 2.86. The number of hydrazine groups is 1. The second-order valence-corrected chi connectivity index (χ2v) is 3.44. The molecule has 90 valence electrons. The van der Waals surface area contributed by atoms with Crippen molar-refractivity contribution >= 4 is 12.2 Å². The van der Waals surface area contributed by atoms with Crippen molar-refractivity contribution in [3.8, 4) is 0 Å². The van der Waals surface area contributed by atoms with Crippen LogP contribution in [0, 0.1) is 0 Å². The van der Waals surface area contributed by atoms with E-state index in [1.165, 1.54) is 19.5 Å². The van der Waals surface area contributed by atoms with Gasteiger partial charge in [-0.3, -0.25) is 0 Å². The Bertz CT molecular complexity index is 447. The zero-order valence-corrected chi connectivity index (χ0v) is 9.58. The first-order valence-corrected chi connectivity index (χ1v) is 5.07. The fourth-order valence-corrected chi connectivity index (χ4v) is 1.55. The van der Waals surface area contributed by atoms with Crippen LogP contribution < -0.4 is 5.43 Å². The smallest absolute Gasteiger partial charge is 0.337 e. The molecule has 1 unspecified atom stereocenters. The lowest BCUT2D eigenvalue weighted by molar-refractivity contribution is -0.165. The predicted octanol–water partition coefficient (Wildman–Crippen LogP) is 0.882. The highest BCUT2D eigenvalue weighted by molar-refractivity contribution is 5.89. The van der Waals surface area contributed by atoms with Crippen LogP contribution in [0.3, 0.4) is 0 Å². The van der Waals surface area contributed by atoms with Crippen molar-refractivity contribution in [3.63, 3.8) is 0 Å². The van der Waals surface area contributed by atoms with Gasteiger partial charge < -0.3 is 4.74 Å². The first-order valence-electron chi connectivity index (χ1n) is 5.07. The molecule has 0 bridgehead atoms. The van der Waals surface area contributed by atoms with Gasteiger partial charge in [-0.2, -0.15) is 5.43 Å². The van der Waals surface area contributed by atoms with Gasteiger partial charge in [0.05, 0.1) is 32.0 Å². The van der Waals surface area contributed by atoms with E-state index >= 15 is 0 Å². The molecule has 6 heteroatoms. The molecular formula is C11H13N3O3. The van der Waals surface area contributed by atoms with Crippen LogP contribution in [0.2, 0.25) is 0 Å². The minimum atomic E-state index is -0.356. The number of carbonyl (C=O) groups excluding carboxylic acids is 1. The van der Waals surface area contributed by atoms with Crippen LogP contribution >= 0.6 is 0 Å². The van der Waals surface area contributed by atoms with Gasteiger partial charge in [-0.05, 0) is 17.7 Å². The third-order valence-corrected chi connectivity index (χ3v) is 2.41. The molecule has 2 rings (SSSR count). The first-order chi connectivity index (χ1) is 8.24. The molecule has 17 heavy (non-hydrogen) atoms. The van der Waals surface area contributed by atoms with E-state index in [4.69, 9.17) is 4.84 Å². The summed E-state index contributed by atoms with van der Waals surface area (Å²) in [6.07, 6.45) is 1.69. The molecule has 1 aromatic rings. The van der Waals surface area contributed by atoms with Crippen LogP contribution in [0.4, 0.5) is 0 Å². The zero-order chi connectivity index (χ0) is 12.3. The highest BCUT2D eigenvalue weighted by Gasteiger charge is 2.19. The maximum atomic E-state index is 11.4. The molecule has 1 aliphatic rings. The maximum Gasteiger partial charge on any atom is 0.337 e. The lowest BCUT2D eigenvalue weighted by atomic mass is 10.1. The minimum absolute atomic E-state index is 0.112. The summed E-state index contributed by atoms with van der Waals surface area (Å²) < 4.78 is 4.67. The van der Waals surface area contributed by atoms with Gasteiger partial charge in [-0.25, -0.2) is 9.63 Å². The van der Waals surface area contributed by atoms with Gasteiger partial charge in [0, 0.05) is 0 Å². The summed E-state index contributed by atoms with van der Waals surface area (Å²) in [5.41, 5.74) is 4.40. The molecule has 6 nitrogen and oxygen atoms in total. The molecule has 1 heterocycles. The lowest BCUT2D eigenvalue weighted by Crippen LogP contribution is -2.30. The van der Waals surface area contributed by atoms with Crippen molar-refractivity contribution in [2.75, 3.05) is 14.2 Å². The van der Waals surface area contributed by atoms with Crippen molar-refractivity contribution in [2.45, 2.75) is 6.04 Å². The van der Waals surface area contributed by atoms with Crippen molar-refractivity contribution in [1.82, 2.24) is 10.7 Å². The number of hydrogen-bond donors (Lipinski definition) is 1. The number of methoxy groups -OCH3 is 1. The molecule has 0 amide bonds. The normalized spacial score (nSPS) is 18.5. The van der Waals surface area contributed by atoms with Gasteiger partial charge in [0.25, 0.3) is 0 Å². The standard InChI is InChI=1S/C11H13N3O3/c1-16-11(15)9-5-3-4-8(6-9)10-7-12-14(13-10)17-2/h3-7,10,13H,1-2H3. The monoisotopic (exact) mass is 235 g/mol. The van der Waals surface area contributed by atoms with Gasteiger partial charge in [0.15, 0.2) is 0 Å². The van der Waals surface area contributed by atoms with E-state index in [2.05, 4.69) is 15.3 Å². The number of rotatable bonds is 3. The van der Waals surface area contributed by atoms with Crippen LogP contribution in [0.25, 0.3) is 0 Å². The summed E-state index contributed by atoms with van der Waals surface area (Å²) >= 11 is 0. The average molecular weight is 235 g/mol. The van der Waals surface area contributed by atoms with Crippen LogP contribution in [-0.4, -0.2) is 31.7 Å². The van der Waals surface area contributed by atoms with Gasteiger partial charge in [0.1, 0.15) is 0 Å². The highest BCUT2D eigenvalue weighted by Crippen LogP contribution is 2.17. The Kier molecular flexibility index (Phi) is 3.36. The third-order valence-electron chi connectivity index (χ3n) is 2.41. The summed E-state index contributed by atoms with van der Waals surface area (Å²) in [5.74, 6) is -0.356. The van der Waals surface area contributed by atoms with Gasteiger partial charge in [-0.15, -0.1) is 5.10 Å². The summed E-state index contributed by atoms with van der Waals surface area (Å²) in [5, 5.41) is 5.22. The number of nitrogens with zero attached hydrogens (tertiary/aromatic N) is 2. The number of carbonyl (C=O) groups is 1. The Labute approximate surface area is 98.7 Å². The highest BCUT2D eigenvalue weighted by atomic mass is 16.7. The molecule has 0 aliphatic carbocycles. The van der Waals surface area contributed by atoms with Crippen molar-refractivity contribution in [1.29, 1.82) is 0 Å². The Morgan fingerprint density at radius 3 is 2.94 bits per heavy atom.